The Bertz CT molecular complexity index is 1500. The molecular weight excluding hydrogens is 585 g/mol. The number of fused-ring (bicyclic) bond motifs is 1. The second-order valence-electron chi connectivity index (χ2n) is 13.4. The number of nitrogens with zero attached hydrogens (tertiary/aromatic N) is 2. The second kappa shape index (κ2) is 14.9. The lowest BCUT2D eigenvalue weighted by Gasteiger charge is -2.35. The number of ketones is 1. The van der Waals surface area contributed by atoms with Gasteiger partial charge in [-0.05, 0) is 73.3 Å². The van der Waals surface area contributed by atoms with Gasteiger partial charge in [-0.3, -0.25) is 18.9 Å². The number of aromatic amines is 1. The van der Waals surface area contributed by atoms with Crippen molar-refractivity contribution < 1.29 is 28.2 Å². The monoisotopic (exact) mass is 631 g/mol. The number of halogens is 1. The Morgan fingerprint density at radius 1 is 0.978 bits per heavy atom. The molecule has 3 aromatic rings. The summed E-state index contributed by atoms with van der Waals surface area (Å²) in [6.45, 7) is 6.26. The number of carbonyl (C=O) groups excluding carboxylic acids is 3. The molecule has 1 saturated carbocycles. The highest BCUT2D eigenvalue weighted by Crippen LogP contribution is 2.39. The molecule has 8 nitrogen and oxygen atoms in total. The summed E-state index contributed by atoms with van der Waals surface area (Å²) in [4.78, 5) is 48.1. The minimum atomic E-state index is -0.531. The highest BCUT2D eigenvalue weighted by Gasteiger charge is 2.44. The molecule has 3 atom stereocenters. The van der Waals surface area contributed by atoms with Crippen molar-refractivity contribution in [2.45, 2.75) is 57.4 Å². The SMILES string of the molecule is C[C@H](CF)C1CCC(C(=O)N2CC[C@H](c3ccccc3)[C@H]2C(=O)Cc2ccc3[nH]c(C(=O)OCCN4CCOCC4)cc3c2)CC1. The Balaban J connectivity index is 1.13. The van der Waals surface area contributed by atoms with Crippen LogP contribution in [0.15, 0.2) is 54.6 Å². The Labute approximate surface area is 270 Å². The van der Waals surface area contributed by atoms with Gasteiger partial charge < -0.3 is 19.4 Å². The maximum absolute atomic E-state index is 14.1. The van der Waals surface area contributed by atoms with Crippen LogP contribution in [-0.4, -0.2) is 91.2 Å². The van der Waals surface area contributed by atoms with Crippen molar-refractivity contribution in [3.05, 3.63) is 71.4 Å². The van der Waals surface area contributed by atoms with Gasteiger partial charge in [0.25, 0.3) is 0 Å². The summed E-state index contributed by atoms with van der Waals surface area (Å²) in [5.41, 5.74) is 3.10. The van der Waals surface area contributed by atoms with Gasteiger partial charge in [0.15, 0.2) is 5.78 Å². The maximum atomic E-state index is 14.1. The average Bonchev–Trinajstić information content (AvgIpc) is 3.74. The quantitative estimate of drug-likeness (QED) is 0.279. The number of Topliss-reactive ketones (excluding diaryl/α,β-unsaturated/α-hetero) is 1. The van der Waals surface area contributed by atoms with Gasteiger partial charge in [0, 0.05) is 55.3 Å². The van der Waals surface area contributed by atoms with Crippen molar-refractivity contribution in [3.8, 4) is 0 Å². The van der Waals surface area contributed by atoms with Crippen molar-refractivity contribution in [1.82, 2.24) is 14.8 Å². The van der Waals surface area contributed by atoms with Crippen molar-refractivity contribution >= 4 is 28.6 Å². The van der Waals surface area contributed by atoms with Gasteiger partial charge in [-0.15, -0.1) is 0 Å². The molecular formula is C37H46FN3O5. The molecule has 2 aliphatic heterocycles. The van der Waals surface area contributed by atoms with E-state index in [1.54, 1.807) is 6.07 Å². The fourth-order valence-corrected chi connectivity index (χ4v) is 7.66. The van der Waals surface area contributed by atoms with Crippen LogP contribution >= 0.6 is 0 Å². The van der Waals surface area contributed by atoms with Crippen LogP contribution in [0, 0.1) is 17.8 Å². The lowest BCUT2D eigenvalue weighted by atomic mass is 9.76. The number of hydrogen-bond donors (Lipinski definition) is 1. The van der Waals surface area contributed by atoms with Crippen molar-refractivity contribution in [2.24, 2.45) is 17.8 Å². The standard InChI is InChI=1S/C37H46FN3O5/c1-25(24-38)27-8-10-29(11-9-27)36(43)41-14-13-31(28-5-3-2-4-6-28)35(41)34(42)22-26-7-12-32-30(21-26)23-33(39-32)37(44)46-20-17-40-15-18-45-19-16-40/h2-7,12,21,23,25,27,29,31,35,39H,8-11,13-20,22,24H2,1H3/t25-,27?,29?,31-,35+/m1/s1. The lowest BCUT2D eigenvalue weighted by molar-refractivity contribution is -0.142. The zero-order chi connectivity index (χ0) is 32.0. The Hall–Kier alpha value is -3.56. The number of likely N-dealkylation sites (tertiary alicyclic amines) is 1. The molecule has 0 unspecified atom stereocenters. The third kappa shape index (κ3) is 7.36. The van der Waals surface area contributed by atoms with Crippen LogP contribution in [0.5, 0.6) is 0 Å². The summed E-state index contributed by atoms with van der Waals surface area (Å²) in [7, 11) is 0. The van der Waals surface area contributed by atoms with Crippen molar-refractivity contribution in [3.63, 3.8) is 0 Å². The molecule has 0 bridgehead atoms. The molecule has 1 aromatic heterocycles. The summed E-state index contributed by atoms with van der Waals surface area (Å²) in [6.07, 6.45) is 4.16. The molecule has 1 aliphatic carbocycles. The topological polar surface area (TPSA) is 91.9 Å². The van der Waals surface area contributed by atoms with Gasteiger partial charge in [0.1, 0.15) is 12.3 Å². The summed E-state index contributed by atoms with van der Waals surface area (Å²) >= 11 is 0. The smallest absolute Gasteiger partial charge is 0.354 e. The molecule has 2 aromatic carbocycles. The zero-order valence-electron chi connectivity index (χ0n) is 26.8. The molecule has 2 saturated heterocycles. The van der Waals surface area contributed by atoms with E-state index in [-0.39, 0.29) is 42.5 Å². The highest BCUT2D eigenvalue weighted by molar-refractivity contribution is 5.96. The predicted octanol–water partition coefficient (Wildman–Crippen LogP) is 5.57. The lowest BCUT2D eigenvalue weighted by Crippen LogP contribution is -2.46. The summed E-state index contributed by atoms with van der Waals surface area (Å²) < 4.78 is 24.2. The van der Waals surface area contributed by atoms with Gasteiger partial charge in [-0.25, -0.2) is 4.79 Å². The van der Waals surface area contributed by atoms with Gasteiger partial charge in [0.2, 0.25) is 5.91 Å². The number of hydrogen-bond acceptors (Lipinski definition) is 6. The number of amides is 1. The number of aromatic nitrogens is 1. The molecule has 3 aliphatic rings. The molecule has 6 rings (SSSR count). The molecule has 1 amide bonds. The van der Waals surface area contributed by atoms with Gasteiger partial charge in [-0.2, -0.15) is 0 Å². The maximum Gasteiger partial charge on any atom is 0.354 e. The van der Waals surface area contributed by atoms with E-state index in [2.05, 4.69) is 22.0 Å². The first-order valence-electron chi connectivity index (χ1n) is 16.9. The molecule has 9 heteroatoms. The van der Waals surface area contributed by atoms with Crippen LogP contribution in [0.3, 0.4) is 0 Å². The van der Waals surface area contributed by atoms with Crippen LogP contribution < -0.4 is 0 Å². The fraction of sp³-hybridized carbons (Fsp3) is 0.541. The average molecular weight is 632 g/mol. The number of H-pyrrole nitrogens is 1. The van der Waals surface area contributed by atoms with Crippen LogP contribution in [0.25, 0.3) is 10.9 Å². The van der Waals surface area contributed by atoms with Gasteiger partial charge >= 0.3 is 5.97 Å². The number of nitrogens with one attached hydrogen (secondary N) is 1. The predicted molar refractivity (Wildman–Crippen MR) is 174 cm³/mol. The van der Waals surface area contributed by atoms with Crippen molar-refractivity contribution in [2.75, 3.05) is 52.7 Å². The van der Waals surface area contributed by atoms with E-state index in [1.165, 1.54) is 0 Å². The van der Waals surface area contributed by atoms with Gasteiger partial charge in [-0.1, -0.05) is 43.3 Å². The fourth-order valence-electron chi connectivity index (χ4n) is 7.66. The zero-order valence-corrected chi connectivity index (χ0v) is 26.8. The van der Waals surface area contributed by atoms with Crippen LogP contribution in [0.2, 0.25) is 0 Å². The first-order chi connectivity index (χ1) is 22.4. The van der Waals surface area contributed by atoms with Crippen LogP contribution in [0.4, 0.5) is 4.39 Å². The van der Waals surface area contributed by atoms with E-state index in [9.17, 15) is 18.8 Å². The van der Waals surface area contributed by atoms with E-state index < -0.39 is 12.0 Å². The normalized spacial score (nSPS) is 24.6. The van der Waals surface area contributed by atoms with Gasteiger partial charge in [0.05, 0.1) is 25.9 Å². The second-order valence-corrected chi connectivity index (χ2v) is 13.4. The summed E-state index contributed by atoms with van der Waals surface area (Å²) in [6, 6.07) is 17.0. The minimum absolute atomic E-state index is 0.0251. The minimum Gasteiger partial charge on any atom is -0.460 e. The molecule has 3 fully saturated rings. The molecule has 246 valence electrons. The molecule has 3 heterocycles. The molecule has 0 spiro atoms. The van der Waals surface area contributed by atoms with E-state index in [0.29, 0.717) is 44.5 Å². The largest absolute Gasteiger partial charge is 0.460 e. The summed E-state index contributed by atoms with van der Waals surface area (Å²) in [5, 5.41) is 0.837. The van der Waals surface area contributed by atoms with Crippen LogP contribution in [-0.2, 0) is 25.5 Å². The highest BCUT2D eigenvalue weighted by atomic mass is 19.1. The molecule has 1 N–H and O–H groups in total. The van der Waals surface area contributed by atoms with E-state index in [4.69, 9.17) is 9.47 Å². The number of esters is 1. The molecule has 46 heavy (non-hydrogen) atoms. The number of morpholine rings is 1. The molecule has 0 radical (unpaired) electrons. The van der Waals surface area contributed by atoms with E-state index in [0.717, 1.165) is 67.2 Å². The third-order valence-electron chi connectivity index (χ3n) is 10.4. The Morgan fingerprint density at radius 2 is 1.74 bits per heavy atom. The number of ether oxygens (including phenoxy) is 2. The number of rotatable bonds is 11. The van der Waals surface area contributed by atoms with Crippen LogP contribution in [0.1, 0.15) is 66.6 Å². The number of carbonyl (C=O) groups is 3. The van der Waals surface area contributed by atoms with E-state index in [1.807, 2.05) is 48.2 Å². The number of alkyl halides is 1. The first-order valence-corrected chi connectivity index (χ1v) is 16.9. The third-order valence-corrected chi connectivity index (χ3v) is 10.4. The van der Waals surface area contributed by atoms with E-state index >= 15 is 0 Å². The Morgan fingerprint density at radius 3 is 2.48 bits per heavy atom. The Kier molecular flexibility index (Phi) is 10.5. The summed E-state index contributed by atoms with van der Waals surface area (Å²) in [5.74, 6) is -0.132. The first kappa shape index (κ1) is 32.4. The number of benzene rings is 2. The van der Waals surface area contributed by atoms with Crippen molar-refractivity contribution in [1.29, 1.82) is 0 Å².